The van der Waals surface area contributed by atoms with E-state index in [4.69, 9.17) is 9.47 Å². The third-order valence-electron chi connectivity index (χ3n) is 3.45. The first-order chi connectivity index (χ1) is 10.8. The lowest BCUT2D eigenvalue weighted by atomic mass is 10.0. The van der Waals surface area contributed by atoms with Crippen molar-refractivity contribution in [2.75, 3.05) is 11.9 Å². The minimum Gasteiger partial charge on any atom is -0.444 e. The minimum atomic E-state index is -0.712. The predicted molar refractivity (Wildman–Crippen MR) is 88.1 cm³/mol. The molecule has 0 radical (unpaired) electrons. The first kappa shape index (κ1) is 17.6. The summed E-state index contributed by atoms with van der Waals surface area (Å²) in [6, 6.07) is 5.81. The first-order valence-corrected chi connectivity index (χ1v) is 7.94. The van der Waals surface area contributed by atoms with Crippen molar-refractivity contribution >= 4 is 11.8 Å². The van der Waals surface area contributed by atoms with Crippen molar-refractivity contribution in [3.05, 3.63) is 29.3 Å². The molecule has 0 saturated heterocycles. The molecular weight excluding hydrogens is 296 g/mol. The highest BCUT2D eigenvalue weighted by Crippen LogP contribution is 2.32. The van der Waals surface area contributed by atoms with Gasteiger partial charge in [-0.05, 0) is 44.9 Å². The van der Waals surface area contributed by atoms with Gasteiger partial charge in [0.15, 0.2) is 0 Å². The molecule has 0 aromatic heterocycles. The van der Waals surface area contributed by atoms with E-state index < -0.39 is 17.9 Å². The Balaban J connectivity index is 2.07. The fourth-order valence-electron chi connectivity index (χ4n) is 2.46. The Morgan fingerprint density at radius 3 is 2.87 bits per heavy atom. The Morgan fingerprint density at radius 1 is 1.48 bits per heavy atom. The van der Waals surface area contributed by atoms with Gasteiger partial charge in [-0.25, -0.2) is 4.79 Å². The molecule has 6 heteroatoms. The standard InChI is InChI=1S/C17H26N2O4/c1-5-14-12-8-11(9-18-16(21)23-17(2,3)4)6-7-13(12)19-15(20)10-22-14/h6-8,14-15,19-20H,5,9-10H2,1-4H3,(H,18,21)/t14-,15-/m1/s1. The van der Waals surface area contributed by atoms with Gasteiger partial charge >= 0.3 is 6.09 Å². The molecule has 0 spiro atoms. The number of anilines is 1. The van der Waals surface area contributed by atoms with Crippen LogP contribution in [0, 0.1) is 0 Å². The van der Waals surface area contributed by atoms with Gasteiger partial charge < -0.3 is 25.2 Å². The van der Waals surface area contributed by atoms with Crippen molar-refractivity contribution in [2.24, 2.45) is 0 Å². The van der Waals surface area contributed by atoms with Crippen LogP contribution < -0.4 is 10.6 Å². The van der Waals surface area contributed by atoms with Gasteiger partial charge in [0.25, 0.3) is 0 Å². The molecule has 6 nitrogen and oxygen atoms in total. The van der Waals surface area contributed by atoms with E-state index in [2.05, 4.69) is 10.6 Å². The van der Waals surface area contributed by atoms with Gasteiger partial charge in [0.2, 0.25) is 0 Å². The van der Waals surface area contributed by atoms with Gasteiger partial charge in [0.1, 0.15) is 11.8 Å². The fraction of sp³-hybridized carbons (Fsp3) is 0.588. The number of benzene rings is 1. The Bertz CT molecular complexity index is 554. The van der Waals surface area contributed by atoms with Crippen LogP contribution in [-0.2, 0) is 16.0 Å². The maximum Gasteiger partial charge on any atom is 0.407 e. The summed E-state index contributed by atoms with van der Waals surface area (Å²) in [5.74, 6) is 0. The molecule has 0 aliphatic carbocycles. The van der Waals surface area contributed by atoms with Gasteiger partial charge in [-0.1, -0.05) is 13.0 Å². The highest BCUT2D eigenvalue weighted by Gasteiger charge is 2.22. The number of hydrogen-bond acceptors (Lipinski definition) is 5. The molecule has 1 aromatic rings. The predicted octanol–water partition coefficient (Wildman–Crippen LogP) is 2.92. The zero-order chi connectivity index (χ0) is 17.0. The van der Waals surface area contributed by atoms with E-state index in [0.29, 0.717) is 6.54 Å². The van der Waals surface area contributed by atoms with E-state index >= 15 is 0 Å². The molecule has 0 fully saturated rings. The van der Waals surface area contributed by atoms with Gasteiger partial charge in [0.05, 0.1) is 12.7 Å². The maximum atomic E-state index is 11.7. The number of aliphatic hydroxyl groups is 1. The van der Waals surface area contributed by atoms with Crippen LogP contribution in [0.1, 0.15) is 51.3 Å². The summed E-state index contributed by atoms with van der Waals surface area (Å²) >= 11 is 0. The van der Waals surface area contributed by atoms with Crippen LogP contribution >= 0.6 is 0 Å². The van der Waals surface area contributed by atoms with E-state index in [1.165, 1.54) is 0 Å². The third kappa shape index (κ3) is 5.11. The topological polar surface area (TPSA) is 79.8 Å². The number of ether oxygens (including phenoxy) is 2. The molecule has 2 atom stereocenters. The lowest BCUT2D eigenvalue weighted by molar-refractivity contribution is 0.00357. The van der Waals surface area contributed by atoms with Crippen molar-refractivity contribution in [1.29, 1.82) is 0 Å². The van der Waals surface area contributed by atoms with E-state index in [1.807, 2.05) is 45.9 Å². The van der Waals surface area contributed by atoms with Crippen LogP contribution in [0.5, 0.6) is 0 Å². The normalized spacial score (nSPS) is 20.9. The Hall–Kier alpha value is -1.79. The first-order valence-electron chi connectivity index (χ1n) is 7.94. The Labute approximate surface area is 137 Å². The molecule has 0 bridgehead atoms. The molecule has 1 aromatic carbocycles. The second-order valence-corrected chi connectivity index (χ2v) is 6.67. The van der Waals surface area contributed by atoms with Crippen molar-refractivity contribution in [3.8, 4) is 0 Å². The molecule has 0 unspecified atom stereocenters. The van der Waals surface area contributed by atoms with Gasteiger partial charge in [-0.15, -0.1) is 0 Å². The summed E-state index contributed by atoms with van der Waals surface area (Å²) in [7, 11) is 0. The number of rotatable bonds is 3. The van der Waals surface area contributed by atoms with Crippen LogP contribution in [0.25, 0.3) is 0 Å². The van der Waals surface area contributed by atoms with Crippen molar-refractivity contribution in [2.45, 2.75) is 58.6 Å². The number of fused-ring (bicyclic) bond motifs is 1. The molecule has 1 aliphatic rings. The highest BCUT2D eigenvalue weighted by molar-refractivity contribution is 5.67. The number of carbonyl (C=O) groups is 1. The van der Waals surface area contributed by atoms with Crippen LogP contribution in [0.2, 0.25) is 0 Å². The molecule has 1 heterocycles. The van der Waals surface area contributed by atoms with Crippen LogP contribution in [0.15, 0.2) is 18.2 Å². The zero-order valence-corrected chi connectivity index (χ0v) is 14.2. The van der Waals surface area contributed by atoms with Gasteiger partial charge in [0, 0.05) is 17.8 Å². The maximum absolute atomic E-state index is 11.7. The Kier molecular flexibility index (Phi) is 5.49. The van der Waals surface area contributed by atoms with E-state index in [0.717, 1.165) is 23.2 Å². The molecule has 1 amide bonds. The van der Waals surface area contributed by atoms with Gasteiger partial charge in [-0.3, -0.25) is 0 Å². The molecule has 0 saturated carbocycles. The number of aliphatic hydroxyl groups excluding tert-OH is 1. The highest BCUT2D eigenvalue weighted by atomic mass is 16.6. The lowest BCUT2D eigenvalue weighted by Gasteiger charge is -2.20. The fourth-order valence-corrected chi connectivity index (χ4v) is 2.46. The zero-order valence-electron chi connectivity index (χ0n) is 14.2. The van der Waals surface area contributed by atoms with E-state index in [1.54, 1.807) is 0 Å². The van der Waals surface area contributed by atoms with Crippen molar-refractivity contribution < 1.29 is 19.4 Å². The smallest absolute Gasteiger partial charge is 0.407 e. The molecule has 1 aliphatic heterocycles. The number of alkyl carbamates (subject to hydrolysis) is 1. The number of amides is 1. The summed E-state index contributed by atoms with van der Waals surface area (Å²) in [5, 5.41) is 15.6. The average Bonchev–Trinajstić information content (AvgIpc) is 2.61. The number of carbonyl (C=O) groups excluding carboxylic acids is 1. The SMILES string of the molecule is CC[C@H]1OC[C@@H](O)Nc2ccc(CNC(=O)OC(C)(C)C)cc21. The Morgan fingerprint density at radius 2 is 2.22 bits per heavy atom. The quantitative estimate of drug-likeness (QED) is 0.797. The van der Waals surface area contributed by atoms with Crippen molar-refractivity contribution in [3.63, 3.8) is 0 Å². The lowest BCUT2D eigenvalue weighted by Crippen LogP contribution is -2.32. The third-order valence-corrected chi connectivity index (χ3v) is 3.45. The van der Waals surface area contributed by atoms with Crippen LogP contribution in [0.3, 0.4) is 0 Å². The van der Waals surface area contributed by atoms with E-state index in [9.17, 15) is 9.90 Å². The summed E-state index contributed by atoms with van der Waals surface area (Å²) in [6.07, 6.45) is -0.416. The molecule has 128 valence electrons. The largest absolute Gasteiger partial charge is 0.444 e. The summed E-state index contributed by atoms with van der Waals surface area (Å²) in [5.41, 5.74) is 2.30. The molecule has 23 heavy (non-hydrogen) atoms. The average molecular weight is 322 g/mol. The van der Waals surface area contributed by atoms with E-state index in [-0.39, 0.29) is 12.7 Å². The molecule has 2 rings (SSSR count). The summed E-state index contributed by atoms with van der Waals surface area (Å²) in [6.45, 7) is 8.15. The number of nitrogens with one attached hydrogen (secondary N) is 2. The van der Waals surface area contributed by atoms with Crippen LogP contribution in [0.4, 0.5) is 10.5 Å². The summed E-state index contributed by atoms with van der Waals surface area (Å²) in [4.78, 5) is 11.7. The monoisotopic (exact) mass is 322 g/mol. The molecular formula is C17H26N2O4. The minimum absolute atomic E-state index is 0.0730. The van der Waals surface area contributed by atoms with Crippen LogP contribution in [-0.4, -0.2) is 29.6 Å². The molecule has 3 N–H and O–H groups in total. The second kappa shape index (κ2) is 7.19. The summed E-state index contributed by atoms with van der Waals surface area (Å²) < 4.78 is 10.9. The number of hydrogen-bond donors (Lipinski definition) is 3. The second-order valence-electron chi connectivity index (χ2n) is 6.67. The van der Waals surface area contributed by atoms with Gasteiger partial charge in [-0.2, -0.15) is 0 Å². The van der Waals surface area contributed by atoms with Crippen molar-refractivity contribution in [1.82, 2.24) is 5.32 Å².